The summed E-state index contributed by atoms with van der Waals surface area (Å²) in [6.45, 7) is 4.15. The van der Waals surface area contributed by atoms with Crippen LogP contribution in [0.25, 0.3) is 0 Å². The van der Waals surface area contributed by atoms with E-state index in [1.54, 1.807) is 0 Å². The van der Waals surface area contributed by atoms with Gasteiger partial charge in [0.1, 0.15) is 0 Å². The van der Waals surface area contributed by atoms with E-state index >= 15 is 0 Å². The van der Waals surface area contributed by atoms with Crippen molar-refractivity contribution in [2.24, 2.45) is 0 Å². The van der Waals surface area contributed by atoms with Crippen LogP contribution < -0.4 is 5.32 Å². The molecule has 1 saturated heterocycles. The second-order valence-electron chi connectivity index (χ2n) is 4.55. The van der Waals surface area contributed by atoms with Crippen LogP contribution >= 0.6 is 0 Å². The van der Waals surface area contributed by atoms with Crippen molar-refractivity contribution in [1.29, 1.82) is 0 Å². The first kappa shape index (κ1) is 9.52. The number of benzene rings is 1. The molecule has 1 atom stereocenters. The highest BCUT2D eigenvalue weighted by molar-refractivity contribution is 5.36. The number of fused-ring (bicyclic) bond motifs is 1. The Bertz CT molecular complexity index is 460. The van der Waals surface area contributed by atoms with Crippen LogP contribution in [0.15, 0.2) is 48.3 Å². The fraction of sp³-hybridized carbons (Fsp3) is 0.286. The molecule has 3 rings (SSSR count). The Balaban J connectivity index is 1.55. The number of nitrogens with one attached hydrogen (secondary N) is 1. The Morgan fingerprint density at radius 3 is 3.06 bits per heavy atom. The molecule has 1 aromatic carbocycles. The first-order valence-corrected chi connectivity index (χ1v) is 5.75. The summed E-state index contributed by atoms with van der Waals surface area (Å²) in [6.07, 6.45) is 6.57. The van der Waals surface area contributed by atoms with Crippen LogP contribution in [0.4, 0.5) is 0 Å². The quantitative estimate of drug-likeness (QED) is 0.826. The highest BCUT2D eigenvalue weighted by Crippen LogP contribution is 2.31. The zero-order chi connectivity index (χ0) is 11.0. The first-order valence-electron chi connectivity index (χ1n) is 5.75. The highest BCUT2D eigenvalue weighted by atomic mass is 15.2. The summed E-state index contributed by atoms with van der Waals surface area (Å²) in [6, 6.07) is 9.23. The van der Waals surface area contributed by atoms with E-state index in [0.29, 0.717) is 6.04 Å². The Morgan fingerprint density at radius 2 is 2.44 bits per heavy atom. The summed E-state index contributed by atoms with van der Waals surface area (Å²) in [5.74, 6) is 0. The largest absolute Gasteiger partial charge is 0.387 e. The molecular formula is C14H16N2. The standard InChI is InChI=1S/C14H16N2/c1-11-3-2-4-12(7-11)8-15-9-13-10-16-6-5-14(13)16/h2-7,9,14-15H,8,10H2,1H3/b13-9-. The molecule has 2 heterocycles. The summed E-state index contributed by atoms with van der Waals surface area (Å²) in [4.78, 5) is 2.33. The summed E-state index contributed by atoms with van der Waals surface area (Å²) in [5, 5.41) is 3.39. The van der Waals surface area contributed by atoms with Gasteiger partial charge in [0.2, 0.25) is 0 Å². The van der Waals surface area contributed by atoms with Crippen molar-refractivity contribution < 1.29 is 0 Å². The molecule has 2 aliphatic rings. The molecule has 1 aromatic rings. The van der Waals surface area contributed by atoms with Crippen LogP contribution in [0.2, 0.25) is 0 Å². The molecule has 82 valence electrons. The first-order chi connectivity index (χ1) is 7.83. The van der Waals surface area contributed by atoms with Gasteiger partial charge < -0.3 is 10.2 Å². The minimum absolute atomic E-state index is 0.602. The SMILES string of the molecule is Cc1cccc(CN/C=C2/CN3C=CC23)c1. The third-order valence-electron chi connectivity index (χ3n) is 3.24. The molecule has 2 heteroatoms. The maximum absolute atomic E-state index is 3.39. The molecule has 1 fully saturated rings. The maximum Gasteiger partial charge on any atom is 0.0735 e. The van der Waals surface area contributed by atoms with Crippen LogP contribution in [0.5, 0.6) is 0 Å². The Kier molecular flexibility index (Phi) is 2.21. The van der Waals surface area contributed by atoms with Gasteiger partial charge in [-0.1, -0.05) is 29.8 Å². The van der Waals surface area contributed by atoms with E-state index in [1.165, 1.54) is 16.7 Å². The van der Waals surface area contributed by atoms with E-state index in [4.69, 9.17) is 0 Å². The molecule has 0 amide bonds. The van der Waals surface area contributed by atoms with E-state index in [9.17, 15) is 0 Å². The van der Waals surface area contributed by atoms with E-state index in [-0.39, 0.29) is 0 Å². The lowest BCUT2D eigenvalue weighted by molar-refractivity contribution is 0.240. The summed E-state index contributed by atoms with van der Waals surface area (Å²) < 4.78 is 0. The van der Waals surface area contributed by atoms with Crippen molar-refractivity contribution in [3.8, 4) is 0 Å². The van der Waals surface area contributed by atoms with Gasteiger partial charge in [0.25, 0.3) is 0 Å². The highest BCUT2D eigenvalue weighted by Gasteiger charge is 2.34. The number of aryl methyl sites for hydroxylation is 1. The molecule has 0 aromatic heterocycles. The average Bonchev–Trinajstić information content (AvgIpc) is 2.24. The van der Waals surface area contributed by atoms with Crippen LogP contribution in [0.1, 0.15) is 11.1 Å². The molecule has 1 N–H and O–H groups in total. The summed E-state index contributed by atoms with van der Waals surface area (Å²) >= 11 is 0. The number of rotatable bonds is 3. The molecule has 1 unspecified atom stereocenters. The number of nitrogens with zero attached hydrogens (tertiary/aromatic N) is 1. The average molecular weight is 212 g/mol. The molecule has 2 nitrogen and oxygen atoms in total. The predicted octanol–water partition coefficient (Wildman–Crippen LogP) is 2.18. The summed E-state index contributed by atoms with van der Waals surface area (Å²) in [5.41, 5.74) is 4.16. The van der Waals surface area contributed by atoms with Gasteiger partial charge in [-0.15, -0.1) is 0 Å². The maximum atomic E-state index is 3.39. The van der Waals surface area contributed by atoms with Gasteiger partial charge in [0.05, 0.1) is 6.04 Å². The van der Waals surface area contributed by atoms with Gasteiger partial charge in [-0.25, -0.2) is 0 Å². The summed E-state index contributed by atoms with van der Waals surface area (Å²) in [7, 11) is 0. The van der Waals surface area contributed by atoms with Gasteiger partial charge >= 0.3 is 0 Å². The molecule has 2 aliphatic heterocycles. The third kappa shape index (κ3) is 1.60. The second kappa shape index (κ2) is 3.71. The van der Waals surface area contributed by atoms with Crippen LogP contribution in [-0.2, 0) is 6.54 Å². The minimum Gasteiger partial charge on any atom is -0.387 e. The molecular weight excluding hydrogens is 196 g/mol. The smallest absolute Gasteiger partial charge is 0.0735 e. The number of hydrogen-bond acceptors (Lipinski definition) is 2. The normalized spacial score (nSPS) is 23.7. The monoisotopic (exact) mass is 212 g/mol. The van der Waals surface area contributed by atoms with E-state index < -0.39 is 0 Å². The fourth-order valence-corrected chi connectivity index (χ4v) is 2.23. The van der Waals surface area contributed by atoms with Gasteiger partial charge in [0.15, 0.2) is 0 Å². The lowest BCUT2D eigenvalue weighted by atomic mass is 9.92. The lowest BCUT2D eigenvalue weighted by Crippen LogP contribution is -2.51. The van der Waals surface area contributed by atoms with Crippen molar-refractivity contribution in [3.63, 3.8) is 0 Å². The second-order valence-corrected chi connectivity index (χ2v) is 4.55. The Labute approximate surface area is 96.3 Å². The fourth-order valence-electron chi connectivity index (χ4n) is 2.23. The topological polar surface area (TPSA) is 15.3 Å². The van der Waals surface area contributed by atoms with Crippen molar-refractivity contribution in [2.75, 3.05) is 6.54 Å². The lowest BCUT2D eigenvalue weighted by Gasteiger charge is -2.47. The Morgan fingerprint density at radius 1 is 1.50 bits per heavy atom. The Hall–Kier alpha value is -1.70. The zero-order valence-corrected chi connectivity index (χ0v) is 9.48. The van der Waals surface area contributed by atoms with Crippen molar-refractivity contribution in [2.45, 2.75) is 19.5 Å². The third-order valence-corrected chi connectivity index (χ3v) is 3.24. The van der Waals surface area contributed by atoms with Gasteiger partial charge in [-0.3, -0.25) is 0 Å². The zero-order valence-electron chi connectivity index (χ0n) is 9.48. The molecule has 0 spiro atoms. The van der Waals surface area contributed by atoms with E-state index in [0.717, 1.165) is 13.1 Å². The van der Waals surface area contributed by atoms with Gasteiger partial charge in [0, 0.05) is 19.3 Å². The molecule has 0 saturated carbocycles. The predicted molar refractivity (Wildman–Crippen MR) is 65.7 cm³/mol. The van der Waals surface area contributed by atoms with Crippen LogP contribution in [-0.4, -0.2) is 17.5 Å². The molecule has 0 bridgehead atoms. The molecule has 0 radical (unpaired) electrons. The van der Waals surface area contributed by atoms with Crippen LogP contribution in [0, 0.1) is 6.92 Å². The van der Waals surface area contributed by atoms with Crippen molar-refractivity contribution >= 4 is 0 Å². The van der Waals surface area contributed by atoms with Crippen molar-refractivity contribution in [3.05, 3.63) is 59.4 Å². The van der Waals surface area contributed by atoms with Crippen molar-refractivity contribution in [1.82, 2.24) is 10.2 Å². The van der Waals surface area contributed by atoms with E-state index in [2.05, 4.69) is 59.9 Å². The molecule has 0 aliphatic carbocycles. The van der Waals surface area contributed by atoms with E-state index in [1.807, 2.05) is 0 Å². The molecule has 16 heavy (non-hydrogen) atoms. The van der Waals surface area contributed by atoms with Gasteiger partial charge in [-0.05, 0) is 30.3 Å². The van der Waals surface area contributed by atoms with Crippen LogP contribution in [0.3, 0.4) is 0 Å². The van der Waals surface area contributed by atoms with Gasteiger partial charge in [-0.2, -0.15) is 0 Å². The minimum atomic E-state index is 0.602. The number of hydrogen-bond donors (Lipinski definition) is 1.